The molecular formula is C18H30N2O. The Hall–Kier alpha value is -1.06. The predicted octanol–water partition coefficient (Wildman–Crippen LogP) is 3.47. The number of rotatable bonds is 7. The van der Waals surface area contributed by atoms with E-state index in [4.69, 9.17) is 4.74 Å². The van der Waals surface area contributed by atoms with Gasteiger partial charge in [0.15, 0.2) is 0 Å². The molecule has 0 amide bonds. The second-order valence-electron chi connectivity index (χ2n) is 6.05. The molecule has 2 rings (SSSR count). The second kappa shape index (κ2) is 7.81. The average molecular weight is 290 g/mol. The highest BCUT2D eigenvalue weighted by Gasteiger charge is 2.34. The van der Waals surface area contributed by atoms with Crippen LogP contribution in [0.3, 0.4) is 0 Å². The lowest BCUT2D eigenvalue weighted by molar-refractivity contribution is 0.0787. The monoisotopic (exact) mass is 290 g/mol. The van der Waals surface area contributed by atoms with Crippen molar-refractivity contribution in [3.05, 3.63) is 29.8 Å². The molecule has 0 bridgehead atoms. The molecule has 0 fully saturated rings. The minimum Gasteiger partial charge on any atom is -0.492 e. The van der Waals surface area contributed by atoms with Crippen LogP contribution in [0.1, 0.15) is 45.7 Å². The largest absolute Gasteiger partial charge is 0.492 e. The van der Waals surface area contributed by atoms with Gasteiger partial charge in [0, 0.05) is 12.1 Å². The Bertz CT molecular complexity index is 435. The number of hydrogen-bond donors (Lipinski definition) is 1. The van der Waals surface area contributed by atoms with Crippen molar-refractivity contribution in [1.29, 1.82) is 0 Å². The van der Waals surface area contributed by atoms with Crippen LogP contribution < -0.4 is 10.1 Å². The van der Waals surface area contributed by atoms with Crippen molar-refractivity contribution in [3.63, 3.8) is 0 Å². The van der Waals surface area contributed by atoms with E-state index in [-0.39, 0.29) is 0 Å². The number of fused-ring (bicyclic) bond motifs is 1. The lowest BCUT2D eigenvalue weighted by Gasteiger charge is -2.41. The third-order valence-corrected chi connectivity index (χ3v) is 4.59. The Labute approximate surface area is 129 Å². The maximum Gasteiger partial charge on any atom is 0.124 e. The van der Waals surface area contributed by atoms with Gasteiger partial charge in [-0.25, -0.2) is 0 Å². The van der Waals surface area contributed by atoms with Crippen LogP contribution in [0.5, 0.6) is 5.75 Å². The molecule has 1 heterocycles. The second-order valence-corrected chi connectivity index (χ2v) is 6.05. The molecule has 3 heteroatoms. The summed E-state index contributed by atoms with van der Waals surface area (Å²) in [5.74, 6) is 1.77. The summed E-state index contributed by atoms with van der Waals surface area (Å²) >= 11 is 0. The Morgan fingerprint density at radius 1 is 1.29 bits per heavy atom. The SMILES string of the molecule is CCNC1c2ccccc2OCC1N(CC)CC(C)CC. The first-order valence-corrected chi connectivity index (χ1v) is 8.40. The normalized spacial score (nSPS) is 22.7. The predicted molar refractivity (Wildman–Crippen MR) is 88.8 cm³/mol. The van der Waals surface area contributed by atoms with Crippen LogP contribution in [0, 0.1) is 5.92 Å². The van der Waals surface area contributed by atoms with Gasteiger partial charge in [-0.1, -0.05) is 52.3 Å². The molecule has 1 aromatic carbocycles. The Morgan fingerprint density at radius 3 is 2.71 bits per heavy atom. The molecule has 0 saturated heterocycles. The van der Waals surface area contributed by atoms with Crippen LogP contribution in [-0.4, -0.2) is 37.2 Å². The summed E-state index contributed by atoms with van der Waals surface area (Å²) in [5, 5.41) is 3.68. The number of ether oxygens (including phenoxy) is 1. The van der Waals surface area contributed by atoms with Crippen LogP contribution in [0.25, 0.3) is 0 Å². The molecule has 3 atom stereocenters. The molecule has 1 aliphatic rings. The highest BCUT2D eigenvalue weighted by molar-refractivity contribution is 5.38. The number of para-hydroxylation sites is 1. The van der Waals surface area contributed by atoms with E-state index in [1.807, 2.05) is 0 Å². The molecule has 118 valence electrons. The molecular weight excluding hydrogens is 260 g/mol. The van der Waals surface area contributed by atoms with E-state index in [0.29, 0.717) is 12.1 Å². The van der Waals surface area contributed by atoms with Gasteiger partial charge in [0.05, 0.1) is 12.1 Å². The fraction of sp³-hybridized carbons (Fsp3) is 0.667. The first kappa shape index (κ1) is 16.3. The standard InChI is InChI=1S/C18H30N2O/c1-5-14(4)12-20(7-3)16-13-21-17-11-9-8-10-15(17)18(16)19-6-2/h8-11,14,16,18-19H,5-7,12-13H2,1-4H3. The summed E-state index contributed by atoms with van der Waals surface area (Å²) < 4.78 is 6.03. The molecule has 0 saturated carbocycles. The van der Waals surface area contributed by atoms with Gasteiger partial charge in [-0.05, 0) is 25.1 Å². The molecule has 0 aromatic heterocycles. The fourth-order valence-electron chi connectivity index (χ4n) is 3.16. The number of benzene rings is 1. The number of nitrogens with one attached hydrogen (secondary N) is 1. The fourth-order valence-corrected chi connectivity index (χ4v) is 3.16. The summed E-state index contributed by atoms with van der Waals surface area (Å²) in [7, 11) is 0. The number of likely N-dealkylation sites (N-methyl/N-ethyl adjacent to an activating group) is 2. The zero-order valence-electron chi connectivity index (χ0n) is 13.9. The van der Waals surface area contributed by atoms with Crippen LogP contribution >= 0.6 is 0 Å². The third-order valence-electron chi connectivity index (χ3n) is 4.59. The summed E-state index contributed by atoms with van der Waals surface area (Å²) in [4.78, 5) is 2.58. The van der Waals surface area contributed by atoms with Gasteiger partial charge < -0.3 is 10.1 Å². The van der Waals surface area contributed by atoms with Gasteiger partial charge in [-0.3, -0.25) is 4.90 Å². The Balaban J connectivity index is 2.21. The minimum absolute atomic E-state index is 0.365. The highest BCUT2D eigenvalue weighted by Crippen LogP contribution is 2.34. The molecule has 3 unspecified atom stereocenters. The molecule has 1 aromatic rings. The summed E-state index contributed by atoms with van der Waals surface area (Å²) in [6.45, 7) is 13.0. The lowest BCUT2D eigenvalue weighted by Crippen LogP contribution is -2.51. The summed E-state index contributed by atoms with van der Waals surface area (Å²) in [5.41, 5.74) is 1.30. The van der Waals surface area contributed by atoms with E-state index >= 15 is 0 Å². The topological polar surface area (TPSA) is 24.5 Å². The van der Waals surface area contributed by atoms with E-state index in [1.54, 1.807) is 0 Å². The summed E-state index contributed by atoms with van der Waals surface area (Å²) in [6, 6.07) is 9.23. The summed E-state index contributed by atoms with van der Waals surface area (Å²) in [6.07, 6.45) is 1.23. The first-order valence-electron chi connectivity index (χ1n) is 8.40. The number of nitrogens with zero attached hydrogens (tertiary/aromatic N) is 1. The zero-order chi connectivity index (χ0) is 15.2. The van der Waals surface area contributed by atoms with Gasteiger partial charge in [0.2, 0.25) is 0 Å². The Kier molecular flexibility index (Phi) is 6.07. The van der Waals surface area contributed by atoms with Crippen LogP contribution in [0.2, 0.25) is 0 Å². The maximum absolute atomic E-state index is 6.03. The maximum atomic E-state index is 6.03. The lowest BCUT2D eigenvalue weighted by atomic mass is 9.94. The van der Waals surface area contributed by atoms with Crippen molar-refractivity contribution in [1.82, 2.24) is 10.2 Å². The highest BCUT2D eigenvalue weighted by atomic mass is 16.5. The van der Waals surface area contributed by atoms with E-state index < -0.39 is 0 Å². The molecule has 21 heavy (non-hydrogen) atoms. The van der Waals surface area contributed by atoms with Crippen molar-refractivity contribution in [2.45, 2.75) is 46.2 Å². The van der Waals surface area contributed by atoms with Gasteiger partial charge in [0.25, 0.3) is 0 Å². The molecule has 0 aliphatic carbocycles. The third kappa shape index (κ3) is 3.78. The molecule has 3 nitrogen and oxygen atoms in total. The van der Waals surface area contributed by atoms with Crippen molar-refractivity contribution in [3.8, 4) is 5.75 Å². The zero-order valence-corrected chi connectivity index (χ0v) is 13.9. The first-order chi connectivity index (χ1) is 10.2. The van der Waals surface area contributed by atoms with Crippen molar-refractivity contribution in [2.24, 2.45) is 5.92 Å². The average Bonchev–Trinajstić information content (AvgIpc) is 2.53. The van der Waals surface area contributed by atoms with E-state index in [1.165, 1.54) is 12.0 Å². The van der Waals surface area contributed by atoms with Crippen LogP contribution in [-0.2, 0) is 0 Å². The van der Waals surface area contributed by atoms with E-state index in [0.717, 1.165) is 37.9 Å². The molecule has 0 spiro atoms. The van der Waals surface area contributed by atoms with Gasteiger partial charge >= 0.3 is 0 Å². The quantitative estimate of drug-likeness (QED) is 0.832. The van der Waals surface area contributed by atoms with Gasteiger partial charge in [0.1, 0.15) is 12.4 Å². The van der Waals surface area contributed by atoms with Crippen molar-refractivity contribution in [2.75, 3.05) is 26.2 Å². The Morgan fingerprint density at radius 2 is 2.05 bits per heavy atom. The van der Waals surface area contributed by atoms with Crippen LogP contribution in [0.4, 0.5) is 0 Å². The van der Waals surface area contributed by atoms with Gasteiger partial charge in [-0.15, -0.1) is 0 Å². The molecule has 1 aliphatic heterocycles. The smallest absolute Gasteiger partial charge is 0.124 e. The van der Waals surface area contributed by atoms with E-state index in [9.17, 15) is 0 Å². The molecule has 1 N–H and O–H groups in total. The van der Waals surface area contributed by atoms with Crippen LogP contribution in [0.15, 0.2) is 24.3 Å². The van der Waals surface area contributed by atoms with Gasteiger partial charge in [-0.2, -0.15) is 0 Å². The number of hydrogen-bond acceptors (Lipinski definition) is 3. The molecule has 0 radical (unpaired) electrons. The van der Waals surface area contributed by atoms with Crippen molar-refractivity contribution >= 4 is 0 Å². The van der Waals surface area contributed by atoms with Crippen molar-refractivity contribution < 1.29 is 4.74 Å². The van der Waals surface area contributed by atoms with E-state index in [2.05, 4.69) is 62.2 Å². The minimum atomic E-state index is 0.365.